The molecule has 340 valence electrons. The Hall–Kier alpha value is -3.00. The smallest absolute Gasteiger partial charge is 0.387 e. The molecule has 3 aliphatic heterocycles. The Bertz CT molecular complexity index is 1960. The number of phosphoric ester groups is 2. The van der Waals surface area contributed by atoms with Crippen LogP contribution in [0.15, 0.2) is 15.8 Å². The molecular formula is C30H50N7O19P3S. The van der Waals surface area contributed by atoms with E-state index in [1.165, 1.54) is 0 Å². The maximum atomic E-state index is 12.6. The molecule has 4 heterocycles. The van der Waals surface area contributed by atoms with E-state index in [1.807, 2.05) is 16.7 Å². The van der Waals surface area contributed by atoms with Crippen molar-refractivity contribution in [1.82, 2.24) is 36.1 Å². The van der Waals surface area contributed by atoms with E-state index in [4.69, 9.17) is 9.63 Å². The molecule has 0 aromatic carbocycles. The third kappa shape index (κ3) is 15.4. The second kappa shape index (κ2) is 22.4. The highest BCUT2D eigenvalue weighted by Gasteiger charge is 2.47. The Morgan fingerprint density at radius 2 is 1.52 bits per heavy atom. The molecule has 3 saturated heterocycles. The number of urea groups is 1. The number of phosphoric acid groups is 3. The fraction of sp³-hybridized carbons (Fsp3) is 0.733. The number of aliphatic hydroxyl groups is 2. The molecule has 3 aliphatic rings. The number of nitrogens with zero attached hydrogens (tertiary/aromatic N) is 1. The van der Waals surface area contributed by atoms with Crippen molar-refractivity contribution in [3.63, 3.8) is 0 Å². The zero-order valence-electron chi connectivity index (χ0n) is 32.2. The molecule has 3 fully saturated rings. The molecule has 0 spiro atoms. The summed E-state index contributed by atoms with van der Waals surface area (Å²) in [7, 11) is -15.8. The minimum absolute atomic E-state index is 0.0336. The van der Waals surface area contributed by atoms with Gasteiger partial charge in [-0.2, -0.15) is 20.4 Å². The number of fused-ring (bicyclic) bond motifs is 1. The van der Waals surface area contributed by atoms with E-state index in [1.54, 1.807) is 0 Å². The lowest BCUT2D eigenvalue weighted by molar-refractivity contribution is -0.123. The summed E-state index contributed by atoms with van der Waals surface area (Å²) in [5.41, 5.74) is -2.40. The predicted octanol–water partition coefficient (Wildman–Crippen LogP) is -1.32. The fourth-order valence-corrected chi connectivity index (χ4v) is 11.2. The molecule has 4 rings (SSSR count). The van der Waals surface area contributed by atoms with Crippen LogP contribution in [0.5, 0.6) is 0 Å². The molecule has 0 saturated carbocycles. The third-order valence-electron chi connectivity index (χ3n) is 9.39. The van der Waals surface area contributed by atoms with Gasteiger partial charge in [-0.05, 0) is 25.7 Å². The Balaban J connectivity index is 1.09. The number of ether oxygens (including phenoxy) is 1. The number of hydrogen-bond donors (Lipinski definition) is 11. The Kier molecular flexibility index (Phi) is 18.5. The number of amides is 5. The van der Waals surface area contributed by atoms with Crippen molar-refractivity contribution < 1.29 is 80.2 Å². The SMILES string of the molecule is COP(=O)(O)OP(=O)(O)OP(=O)(O)OCC1OC(c2cn(CCC(=O)NCNC(=O)CCCCCNC(=O)CCCCC3SCC4NC(=O)NC43)c(=O)[nH]c2=O)C(O)C1O. The van der Waals surface area contributed by atoms with Crippen LogP contribution >= 0.6 is 35.2 Å². The second-order valence-corrected chi connectivity index (χ2v) is 19.8. The van der Waals surface area contributed by atoms with E-state index in [9.17, 15) is 62.5 Å². The van der Waals surface area contributed by atoms with Gasteiger partial charge >= 0.3 is 35.2 Å². The first kappa shape index (κ1) is 49.7. The maximum absolute atomic E-state index is 12.6. The quantitative estimate of drug-likeness (QED) is 0.0234. The lowest BCUT2D eigenvalue weighted by Gasteiger charge is -2.19. The summed E-state index contributed by atoms with van der Waals surface area (Å²) in [5.74, 6) is -0.0441. The van der Waals surface area contributed by atoms with Gasteiger partial charge in [0.25, 0.3) is 5.56 Å². The number of carbonyl (C=O) groups excluding carboxylic acids is 4. The van der Waals surface area contributed by atoms with Gasteiger partial charge in [0.2, 0.25) is 17.7 Å². The molecule has 11 N–H and O–H groups in total. The second-order valence-electron chi connectivity index (χ2n) is 13.8. The van der Waals surface area contributed by atoms with Gasteiger partial charge in [0.05, 0.1) is 30.9 Å². The fourth-order valence-electron chi connectivity index (χ4n) is 6.36. The number of thioether (sulfide) groups is 1. The summed E-state index contributed by atoms with van der Waals surface area (Å²) < 4.78 is 57.7. The summed E-state index contributed by atoms with van der Waals surface area (Å²) in [6, 6.07) is 0.209. The van der Waals surface area contributed by atoms with Gasteiger partial charge in [-0.25, -0.2) is 23.3 Å². The Morgan fingerprint density at radius 3 is 2.22 bits per heavy atom. The molecule has 10 unspecified atom stereocenters. The van der Waals surface area contributed by atoms with Crippen LogP contribution < -0.4 is 37.8 Å². The zero-order valence-corrected chi connectivity index (χ0v) is 35.7. The van der Waals surface area contributed by atoms with Crippen molar-refractivity contribution in [1.29, 1.82) is 0 Å². The molecule has 0 aliphatic carbocycles. The molecule has 26 nitrogen and oxygen atoms in total. The van der Waals surface area contributed by atoms with Gasteiger partial charge in [-0.15, -0.1) is 0 Å². The standard InChI is InChI=1S/C30H50N7O19P3S/c1-52-57(46,47)55-59(50,51)56-58(48,49)53-14-19-25(41)26(42)27(54-19)17-13-37(30(45)36-28(17)43)12-10-23(40)33-16-32-22(39)8-3-2-6-11-31-21(38)9-5-4-7-20-24-18(15-60-20)34-29(44)35-24/h13,18-20,24-27,41-42H,2-12,14-16H2,1H3,(H,31,38)(H,32,39)(H,33,40)(H,46,47)(H,48,49)(H,50,51)(H2,34,35,44)(H,36,43,45). The van der Waals surface area contributed by atoms with Crippen LogP contribution in [-0.4, -0.2) is 127 Å². The largest absolute Gasteiger partial charge is 0.490 e. The van der Waals surface area contributed by atoms with Gasteiger partial charge in [0, 0.05) is 56.7 Å². The van der Waals surface area contributed by atoms with Crippen molar-refractivity contribution in [3.05, 3.63) is 32.6 Å². The molecular weight excluding hydrogens is 887 g/mol. The number of carbonyl (C=O) groups is 4. The van der Waals surface area contributed by atoms with Crippen LogP contribution in [0.2, 0.25) is 0 Å². The molecule has 10 atom stereocenters. The van der Waals surface area contributed by atoms with Gasteiger partial charge in [0.1, 0.15) is 24.4 Å². The van der Waals surface area contributed by atoms with Crippen LogP contribution in [0.1, 0.15) is 69.5 Å². The predicted molar refractivity (Wildman–Crippen MR) is 207 cm³/mol. The summed E-state index contributed by atoms with van der Waals surface area (Å²) in [5, 5.41) is 35.1. The number of aliphatic hydroxyl groups excluding tert-OH is 2. The minimum atomic E-state index is -5.73. The average Bonchev–Trinajstić information content (AvgIpc) is 3.80. The first-order valence-corrected chi connectivity index (χ1v) is 24.2. The summed E-state index contributed by atoms with van der Waals surface area (Å²) >= 11 is 1.84. The molecule has 30 heteroatoms. The topological polar surface area (TPSA) is 382 Å². The van der Waals surface area contributed by atoms with Crippen LogP contribution in [0.4, 0.5) is 4.79 Å². The average molecular weight is 938 g/mol. The molecule has 60 heavy (non-hydrogen) atoms. The van der Waals surface area contributed by atoms with Gasteiger partial charge in [0.15, 0.2) is 0 Å². The van der Waals surface area contributed by atoms with E-state index in [-0.39, 0.29) is 56.0 Å². The van der Waals surface area contributed by atoms with Crippen molar-refractivity contribution in [2.75, 3.05) is 32.7 Å². The first-order chi connectivity index (χ1) is 28.2. The summed E-state index contributed by atoms with van der Waals surface area (Å²) in [4.78, 5) is 104. The number of aryl methyl sites for hydroxylation is 1. The minimum Gasteiger partial charge on any atom is -0.387 e. The highest BCUT2D eigenvalue weighted by atomic mass is 32.2. The highest BCUT2D eigenvalue weighted by molar-refractivity contribution is 8.00. The summed E-state index contributed by atoms with van der Waals surface area (Å²) in [6.07, 6.45) is -1.37. The number of rotatable bonds is 25. The van der Waals surface area contributed by atoms with E-state index < -0.39 is 77.2 Å². The number of nitrogens with one attached hydrogen (secondary N) is 6. The third-order valence-corrected chi connectivity index (χ3v) is 15.1. The normalized spacial score (nSPS) is 26.5. The van der Waals surface area contributed by atoms with Crippen molar-refractivity contribution in [2.24, 2.45) is 0 Å². The lowest BCUT2D eigenvalue weighted by Crippen LogP contribution is -2.39. The van der Waals surface area contributed by atoms with E-state index >= 15 is 0 Å². The van der Waals surface area contributed by atoms with E-state index in [0.29, 0.717) is 44.6 Å². The van der Waals surface area contributed by atoms with Crippen molar-refractivity contribution in [2.45, 2.75) is 106 Å². The molecule has 5 amide bonds. The van der Waals surface area contributed by atoms with Crippen LogP contribution in [-0.2, 0) is 57.0 Å². The van der Waals surface area contributed by atoms with E-state index in [2.05, 4.69) is 44.3 Å². The zero-order chi connectivity index (χ0) is 44.3. The molecule has 0 radical (unpaired) electrons. The first-order valence-electron chi connectivity index (χ1n) is 18.6. The van der Waals surface area contributed by atoms with Crippen LogP contribution in [0, 0.1) is 0 Å². The van der Waals surface area contributed by atoms with Crippen LogP contribution in [0.25, 0.3) is 0 Å². The van der Waals surface area contributed by atoms with Gasteiger partial charge in [-0.1, -0.05) is 12.8 Å². The molecule has 1 aromatic rings. The maximum Gasteiger partial charge on any atom is 0.490 e. The monoisotopic (exact) mass is 937 g/mol. The number of hydrogen-bond acceptors (Lipinski definition) is 17. The van der Waals surface area contributed by atoms with Gasteiger partial charge in [-0.3, -0.25) is 37.8 Å². The van der Waals surface area contributed by atoms with Crippen molar-refractivity contribution >= 4 is 59.0 Å². The Labute approximate surface area is 346 Å². The van der Waals surface area contributed by atoms with Gasteiger partial charge < -0.3 is 56.2 Å². The molecule has 0 bridgehead atoms. The molecule has 1 aromatic heterocycles. The Morgan fingerprint density at radius 1 is 0.867 bits per heavy atom. The van der Waals surface area contributed by atoms with Crippen molar-refractivity contribution in [3.8, 4) is 0 Å². The number of unbranched alkanes of at least 4 members (excludes halogenated alkanes) is 3. The van der Waals surface area contributed by atoms with E-state index in [0.717, 1.165) is 35.8 Å². The number of aromatic nitrogens is 2. The number of H-pyrrole nitrogens is 1. The highest BCUT2D eigenvalue weighted by Crippen LogP contribution is 2.67. The lowest BCUT2D eigenvalue weighted by atomic mass is 10.0. The summed E-state index contributed by atoms with van der Waals surface area (Å²) in [6.45, 7) is -1.13. The number of aromatic amines is 1. The van der Waals surface area contributed by atoms with Crippen LogP contribution in [0.3, 0.4) is 0 Å².